The molecule has 0 radical (unpaired) electrons. The third-order valence-corrected chi connectivity index (χ3v) is 4.77. The molecule has 0 aromatic heterocycles. The predicted molar refractivity (Wildman–Crippen MR) is 81.9 cm³/mol. The van der Waals surface area contributed by atoms with E-state index in [1.165, 1.54) is 63.1 Å². The molecule has 1 atom stereocenters. The molecule has 1 unspecified atom stereocenters. The average molecular weight is 258 g/mol. The number of nitrogens with zero attached hydrogens (tertiary/aromatic N) is 2. The molecule has 2 saturated heterocycles. The third kappa shape index (κ3) is 2.79. The largest absolute Gasteiger partial charge is 0.370 e. The van der Waals surface area contributed by atoms with Crippen molar-refractivity contribution in [2.24, 2.45) is 0 Å². The van der Waals surface area contributed by atoms with Gasteiger partial charge in [-0.15, -0.1) is 0 Å². The summed E-state index contributed by atoms with van der Waals surface area (Å²) in [6.45, 7) is 7.36. The van der Waals surface area contributed by atoms with Crippen LogP contribution in [0.4, 0.5) is 5.69 Å². The molecule has 0 N–H and O–H groups in total. The average Bonchev–Trinajstić information content (AvgIpc) is 2.69. The van der Waals surface area contributed by atoms with Crippen LogP contribution in [0.3, 0.4) is 0 Å². The van der Waals surface area contributed by atoms with Crippen LogP contribution in [0.5, 0.6) is 0 Å². The summed E-state index contributed by atoms with van der Waals surface area (Å²) < 4.78 is 0. The Kier molecular flexibility index (Phi) is 4.07. The molecule has 104 valence electrons. The minimum atomic E-state index is 0.793. The fourth-order valence-corrected chi connectivity index (χ4v) is 3.71. The molecule has 2 aliphatic rings. The van der Waals surface area contributed by atoms with E-state index in [0.29, 0.717) is 0 Å². The van der Waals surface area contributed by atoms with Crippen LogP contribution in [0.2, 0.25) is 0 Å². The van der Waals surface area contributed by atoms with Gasteiger partial charge in [-0.3, -0.25) is 4.90 Å². The predicted octanol–water partition coefficient (Wildman–Crippen LogP) is 3.31. The number of para-hydroxylation sites is 1. The lowest BCUT2D eigenvalue weighted by molar-refractivity contribution is 0.162. The third-order valence-electron chi connectivity index (χ3n) is 4.77. The Morgan fingerprint density at radius 2 is 1.89 bits per heavy atom. The molecule has 0 spiro atoms. The molecule has 2 heteroatoms. The monoisotopic (exact) mass is 258 g/mol. The van der Waals surface area contributed by atoms with Gasteiger partial charge in [-0.25, -0.2) is 0 Å². The standard InChI is InChI=1S/C17H26N2/c1-2-15-8-3-4-10-17(15)19-13-7-12-18-11-6-5-9-16(18)14-19/h3-4,8,10,16H,2,5-7,9,11-14H2,1H3. The summed E-state index contributed by atoms with van der Waals surface area (Å²) in [5, 5.41) is 0. The van der Waals surface area contributed by atoms with E-state index < -0.39 is 0 Å². The van der Waals surface area contributed by atoms with Crippen molar-refractivity contribution in [2.75, 3.05) is 31.1 Å². The normalized spacial score (nSPS) is 24.9. The van der Waals surface area contributed by atoms with Gasteiger partial charge in [-0.1, -0.05) is 31.5 Å². The Morgan fingerprint density at radius 1 is 1.05 bits per heavy atom. The van der Waals surface area contributed by atoms with Crippen LogP contribution in [0.15, 0.2) is 24.3 Å². The van der Waals surface area contributed by atoms with E-state index in [9.17, 15) is 0 Å². The number of hydrogen-bond donors (Lipinski definition) is 0. The Balaban J connectivity index is 1.80. The Morgan fingerprint density at radius 3 is 2.79 bits per heavy atom. The number of anilines is 1. The number of fused-ring (bicyclic) bond motifs is 1. The first-order valence-electron chi connectivity index (χ1n) is 7.95. The van der Waals surface area contributed by atoms with Crippen molar-refractivity contribution in [1.29, 1.82) is 0 Å². The molecule has 0 bridgehead atoms. The van der Waals surface area contributed by atoms with Crippen LogP contribution in [-0.2, 0) is 6.42 Å². The van der Waals surface area contributed by atoms with Crippen LogP contribution < -0.4 is 4.90 Å². The van der Waals surface area contributed by atoms with E-state index in [0.717, 1.165) is 12.5 Å². The summed E-state index contributed by atoms with van der Waals surface area (Å²) in [4.78, 5) is 5.38. The van der Waals surface area contributed by atoms with E-state index in [4.69, 9.17) is 0 Å². The Labute approximate surface area is 117 Å². The zero-order valence-electron chi connectivity index (χ0n) is 12.1. The van der Waals surface area contributed by atoms with E-state index in [-0.39, 0.29) is 0 Å². The van der Waals surface area contributed by atoms with Gasteiger partial charge in [0.15, 0.2) is 0 Å². The minimum absolute atomic E-state index is 0.793. The maximum atomic E-state index is 2.73. The molecule has 2 nitrogen and oxygen atoms in total. The lowest BCUT2D eigenvalue weighted by Gasteiger charge is -2.36. The number of rotatable bonds is 2. The fourth-order valence-electron chi connectivity index (χ4n) is 3.71. The highest BCUT2D eigenvalue weighted by molar-refractivity contribution is 5.54. The summed E-state index contributed by atoms with van der Waals surface area (Å²) >= 11 is 0. The Bertz CT molecular complexity index is 415. The second-order valence-electron chi connectivity index (χ2n) is 5.97. The highest BCUT2D eigenvalue weighted by Gasteiger charge is 2.27. The van der Waals surface area contributed by atoms with E-state index in [1.54, 1.807) is 0 Å². The van der Waals surface area contributed by atoms with Gasteiger partial charge in [0.2, 0.25) is 0 Å². The number of hydrogen-bond acceptors (Lipinski definition) is 2. The lowest BCUT2D eigenvalue weighted by atomic mass is 10.0. The molecular weight excluding hydrogens is 232 g/mol. The molecule has 0 amide bonds. The topological polar surface area (TPSA) is 6.48 Å². The first kappa shape index (κ1) is 13.0. The number of piperidine rings is 1. The van der Waals surface area contributed by atoms with Gasteiger partial charge in [0.25, 0.3) is 0 Å². The molecule has 19 heavy (non-hydrogen) atoms. The summed E-state index contributed by atoms with van der Waals surface area (Å²) in [5.74, 6) is 0. The maximum Gasteiger partial charge on any atom is 0.0399 e. The summed E-state index contributed by atoms with van der Waals surface area (Å²) in [7, 11) is 0. The molecule has 2 fully saturated rings. The van der Waals surface area contributed by atoms with Gasteiger partial charge in [-0.2, -0.15) is 0 Å². The van der Waals surface area contributed by atoms with Gasteiger partial charge in [0.1, 0.15) is 0 Å². The lowest BCUT2D eigenvalue weighted by Crippen LogP contribution is -2.44. The summed E-state index contributed by atoms with van der Waals surface area (Å²) in [6, 6.07) is 9.77. The van der Waals surface area contributed by atoms with Crippen molar-refractivity contribution in [3.8, 4) is 0 Å². The second-order valence-corrected chi connectivity index (χ2v) is 5.97. The maximum absolute atomic E-state index is 2.73. The molecule has 2 aliphatic heterocycles. The van der Waals surface area contributed by atoms with Crippen molar-refractivity contribution >= 4 is 5.69 Å². The van der Waals surface area contributed by atoms with E-state index >= 15 is 0 Å². The van der Waals surface area contributed by atoms with Crippen molar-refractivity contribution in [3.63, 3.8) is 0 Å². The van der Waals surface area contributed by atoms with Crippen molar-refractivity contribution in [1.82, 2.24) is 4.90 Å². The SMILES string of the molecule is CCc1ccccc1N1CCCN2CCCCC2C1. The molecular formula is C17H26N2. The zero-order chi connectivity index (χ0) is 13.1. The van der Waals surface area contributed by atoms with Crippen LogP contribution >= 0.6 is 0 Å². The number of benzene rings is 1. The molecule has 0 saturated carbocycles. The van der Waals surface area contributed by atoms with Crippen molar-refractivity contribution < 1.29 is 0 Å². The molecule has 3 rings (SSSR count). The van der Waals surface area contributed by atoms with Gasteiger partial charge in [0, 0.05) is 31.4 Å². The molecule has 1 aromatic rings. The molecule has 1 aromatic carbocycles. The molecule has 2 heterocycles. The minimum Gasteiger partial charge on any atom is -0.370 e. The summed E-state index contributed by atoms with van der Waals surface area (Å²) in [6.07, 6.45) is 6.67. The first-order valence-corrected chi connectivity index (χ1v) is 7.95. The second kappa shape index (κ2) is 5.96. The zero-order valence-corrected chi connectivity index (χ0v) is 12.1. The van der Waals surface area contributed by atoms with E-state index in [2.05, 4.69) is 41.0 Å². The van der Waals surface area contributed by atoms with Crippen LogP contribution in [0.1, 0.15) is 38.2 Å². The highest BCUT2D eigenvalue weighted by Crippen LogP contribution is 2.27. The smallest absolute Gasteiger partial charge is 0.0399 e. The Hall–Kier alpha value is -1.02. The van der Waals surface area contributed by atoms with Crippen molar-refractivity contribution in [2.45, 2.75) is 45.1 Å². The van der Waals surface area contributed by atoms with Gasteiger partial charge in [-0.05, 0) is 43.9 Å². The number of aryl methyl sites for hydroxylation is 1. The first-order chi connectivity index (χ1) is 9.38. The highest BCUT2D eigenvalue weighted by atomic mass is 15.2. The van der Waals surface area contributed by atoms with E-state index in [1.807, 2.05) is 0 Å². The van der Waals surface area contributed by atoms with Gasteiger partial charge >= 0.3 is 0 Å². The van der Waals surface area contributed by atoms with Crippen molar-refractivity contribution in [3.05, 3.63) is 29.8 Å². The van der Waals surface area contributed by atoms with Crippen LogP contribution in [0, 0.1) is 0 Å². The quantitative estimate of drug-likeness (QED) is 0.803. The van der Waals surface area contributed by atoms with Gasteiger partial charge < -0.3 is 4.90 Å². The summed E-state index contributed by atoms with van der Waals surface area (Å²) in [5.41, 5.74) is 2.99. The van der Waals surface area contributed by atoms with Crippen LogP contribution in [0.25, 0.3) is 0 Å². The van der Waals surface area contributed by atoms with Gasteiger partial charge in [0.05, 0.1) is 0 Å². The fraction of sp³-hybridized carbons (Fsp3) is 0.647. The van der Waals surface area contributed by atoms with Crippen LogP contribution in [-0.4, -0.2) is 37.1 Å². The molecule has 0 aliphatic carbocycles.